The van der Waals surface area contributed by atoms with Crippen molar-refractivity contribution in [1.29, 1.82) is 0 Å². The first-order valence-corrected chi connectivity index (χ1v) is 10.6. The monoisotopic (exact) mass is 387 g/mol. The molecular weight excluding hydrogens is 366 g/mol. The summed E-state index contributed by atoms with van der Waals surface area (Å²) >= 11 is 3.32. The van der Waals surface area contributed by atoms with Crippen molar-refractivity contribution >= 4 is 33.3 Å². The summed E-state index contributed by atoms with van der Waals surface area (Å²) in [7, 11) is 1.66. The van der Waals surface area contributed by atoms with Crippen molar-refractivity contribution in [3.8, 4) is 0 Å². The topological polar surface area (TPSA) is 57.0 Å². The highest BCUT2D eigenvalue weighted by atomic mass is 32.2. The van der Waals surface area contributed by atoms with Gasteiger partial charge in [-0.3, -0.25) is 14.3 Å². The summed E-state index contributed by atoms with van der Waals surface area (Å²) < 4.78 is 7.00. The summed E-state index contributed by atoms with van der Waals surface area (Å²) in [6, 6.07) is 5.95. The molecule has 3 heterocycles. The van der Waals surface area contributed by atoms with Crippen molar-refractivity contribution < 1.29 is 4.74 Å². The second-order valence-electron chi connectivity index (χ2n) is 6.30. The van der Waals surface area contributed by atoms with E-state index in [2.05, 4.69) is 4.98 Å². The number of aryl methyl sites for hydroxylation is 3. The Morgan fingerprint density at radius 1 is 1.35 bits per heavy atom. The van der Waals surface area contributed by atoms with Crippen molar-refractivity contribution in [2.24, 2.45) is 0 Å². The maximum atomic E-state index is 13.2. The smallest absolute Gasteiger partial charge is 0.263 e. The van der Waals surface area contributed by atoms with E-state index in [1.807, 2.05) is 24.4 Å². The fourth-order valence-electron chi connectivity index (χ4n) is 3.34. The summed E-state index contributed by atoms with van der Waals surface area (Å²) in [5.74, 6) is 0.840. The van der Waals surface area contributed by atoms with Gasteiger partial charge in [-0.25, -0.2) is 4.98 Å². The molecule has 0 bridgehead atoms. The third-order valence-corrected chi connectivity index (χ3v) is 6.79. The van der Waals surface area contributed by atoms with Gasteiger partial charge in [0.05, 0.1) is 18.5 Å². The van der Waals surface area contributed by atoms with Crippen LogP contribution in [0.25, 0.3) is 10.2 Å². The van der Waals surface area contributed by atoms with Crippen LogP contribution in [-0.4, -0.2) is 34.0 Å². The molecule has 0 fully saturated rings. The fraction of sp³-hybridized carbons (Fsp3) is 0.421. The lowest BCUT2D eigenvalue weighted by Crippen LogP contribution is -2.25. The zero-order valence-corrected chi connectivity index (χ0v) is 16.4. The van der Waals surface area contributed by atoms with Gasteiger partial charge in [-0.2, -0.15) is 0 Å². The highest BCUT2D eigenvalue weighted by Crippen LogP contribution is 2.35. The standard InChI is InChI=1S/C19H21N3O2S2/c1-24-11-10-22-18(23)16-14-6-4-7-15(14)26-17(16)21-19(22)25-12-8-13-5-2-3-9-20-13/h2-3,5,9H,4,6-8,10-12H2,1H3. The number of fused-ring (bicyclic) bond motifs is 3. The Balaban J connectivity index is 1.64. The van der Waals surface area contributed by atoms with E-state index >= 15 is 0 Å². The second-order valence-corrected chi connectivity index (χ2v) is 8.45. The lowest BCUT2D eigenvalue weighted by molar-refractivity contribution is 0.183. The number of hydrogen-bond acceptors (Lipinski definition) is 6. The van der Waals surface area contributed by atoms with Gasteiger partial charge in [0, 0.05) is 29.6 Å². The van der Waals surface area contributed by atoms with E-state index in [0.717, 1.165) is 52.5 Å². The van der Waals surface area contributed by atoms with Gasteiger partial charge in [-0.15, -0.1) is 11.3 Å². The fourth-order valence-corrected chi connectivity index (χ4v) is 5.63. The Hall–Kier alpha value is -1.70. The Kier molecular flexibility index (Phi) is 5.38. The molecule has 0 radical (unpaired) electrons. The zero-order valence-electron chi connectivity index (χ0n) is 14.7. The molecule has 136 valence electrons. The molecule has 0 saturated heterocycles. The lowest BCUT2D eigenvalue weighted by Gasteiger charge is -2.12. The quantitative estimate of drug-likeness (QED) is 0.460. The minimum atomic E-state index is 0.0896. The van der Waals surface area contributed by atoms with Gasteiger partial charge in [0.25, 0.3) is 5.56 Å². The number of methoxy groups -OCH3 is 1. The molecule has 4 rings (SSSR count). The van der Waals surface area contributed by atoms with Crippen LogP contribution in [0.2, 0.25) is 0 Å². The SMILES string of the molecule is COCCn1c(SCCc2ccccn2)nc2sc3c(c2c1=O)CCC3. The number of nitrogens with zero attached hydrogens (tertiary/aromatic N) is 3. The molecule has 3 aromatic heterocycles. The van der Waals surface area contributed by atoms with Crippen LogP contribution in [0.15, 0.2) is 34.3 Å². The number of thiophene rings is 1. The second kappa shape index (κ2) is 7.90. The van der Waals surface area contributed by atoms with E-state index < -0.39 is 0 Å². The number of pyridine rings is 1. The Morgan fingerprint density at radius 3 is 3.08 bits per heavy atom. The molecular formula is C19H21N3O2S2. The molecule has 0 N–H and O–H groups in total. The van der Waals surface area contributed by atoms with E-state index in [0.29, 0.717) is 13.2 Å². The van der Waals surface area contributed by atoms with Gasteiger partial charge >= 0.3 is 0 Å². The zero-order chi connectivity index (χ0) is 17.9. The molecule has 26 heavy (non-hydrogen) atoms. The van der Waals surface area contributed by atoms with Gasteiger partial charge in [0.15, 0.2) is 5.16 Å². The third kappa shape index (κ3) is 3.43. The van der Waals surface area contributed by atoms with Crippen LogP contribution in [-0.2, 0) is 30.5 Å². The van der Waals surface area contributed by atoms with Crippen molar-refractivity contribution in [3.63, 3.8) is 0 Å². The molecule has 1 aliphatic rings. The number of ether oxygens (including phenoxy) is 1. The van der Waals surface area contributed by atoms with Crippen LogP contribution in [0.3, 0.4) is 0 Å². The first-order valence-electron chi connectivity index (χ1n) is 8.84. The summed E-state index contributed by atoms with van der Waals surface area (Å²) in [5.41, 5.74) is 2.38. The van der Waals surface area contributed by atoms with Crippen LogP contribution in [0.5, 0.6) is 0 Å². The third-order valence-electron chi connectivity index (χ3n) is 4.62. The number of hydrogen-bond donors (Lipinski definition) is 0. The summed E-state index contributed by atoms with van der Waals surface area (Å²) in [6.07, 6.45) is 5.89. The van der Waals surface area contributed by atoms with Gasteiger partial charge in [0.1, 0.15) is 4.83 Å². The average Bonchev–Trinajstić information content (AvgIpc) is 3.23. The van der Waals surface area contributed by atoms with Crippen molar-refractivity contribution in [1.82, 2.24) is 14.5 Å². The Labute approximate surface area is 160 Å². The van der Waals surface area contributed by atoms with Crippen molar-refractivity contribution in [3.05, 3.63) is 50.9 Å². The highest BCUT2D eigenvalue weighted by Gasteiger charge is 2.23. The number of thioether (sulfide) groups is 1. The molecule has 7 heteroatoms. The van der Waals surface area contributed by atoms with Gasteiger partial charge in [-0.05, 0) is 43.4 Å². The molecule has 0 spiro atoms. The lowest BCUT2D eigenvalue weighted by atomic mass is 10.2. The van der Waals surface area contributed by atoms with Crippen LogP contribution < -0.4 is 5.56 Å². The molecule has 0 amide bonds. The van der Waals surface area contributed by atoms with Gasteiger partial charge in [-0.1, -0.05) is 17.8 Å². The van der Waals surface area contributed by atoms with E-state index in [1.165, 1.54) is 10.4 Å². The maximum absolute atomic E-state index is 13.2. The minimum Gasteiger partial charge on any atom is -0.383 e. The maximum Gasteiger partial charge on any atom is 0.263 e. The molecule has 0 saturated carbocycles. The van der Waals surface area contributed by atoms with Crippen molar-refractivity contribution in [2.45, 2.75) is 37.4 Å². The first kappa shape index (κ1) is 17.7. The van der Waals surface area contributed by atoms with E-state index in [-0.39, 0.29) is 5.56 Å². The molecule has 0 unspecified atom stereocenters. The Bertz CT molecular complexity index is 966. The molecule has 1 aliphatic carbocycles. The predicted molar refractivity (Wildman–Crippen MR) is 106 cm³/mol. The van der Waals surface area contributed by atoms with Gasteiger partial charge < -0.3 is 4.74 Å². The number of rotatable bonds is 7. The molecule has 0 atom stereocenters. The van der Waals surface area contributed by atoms with Crippen LogP contribution in [0, 0.1) is 0 Å². The Morgan fingerprint density at radius 2 is 2.27 bits per heavy atom. The molecule has 0 aliphatic heterocycles. The summed E-state index contributed by atoms with van der Waals surface area (Å²) in [6.45, 7) is 1.04. The van der Waals surface area contributed by atoms with E-state index in [4.69, 9.17) is 9.72 Å². The van der Waals surface area contributed by atoms with E-state index in [1.54, 1.807) is 34.8 Å². The molecule has 5 nitrogen and oxygen atoms in total. The minimum absolute atomic E-state index is 0.0896. The highest BCUT2D eigenvalue weighted by molar-refractivity contribution is 7.99. The molecule has 0 aromatic carbocycles. The average molecular weight is 388 g/mol. The van der Waals surface area contributed by atoms with Gasteiger partial charge in [0.2, 0.25) is 0 Å². The summed E-state index contributed by atoms with van der Waals surface area (Å²) in [5, 5.41) is 1.63. The van der Waals surface area contributed by atoms with Crippen molar-refractivity contribution in [2.75, 3.05) is 19.5 Å². The van der Waals surface area contributed by atoms with Crippen LogP contribution in [0.4, 0.5) is 0 Å². The predicted octanol–water partition coefficient (Wildman–Crippen LogP) is 3.32. The van der Waals surface area contributed by atoms with E-state index in [9.17, 15) is 4.79 Å². The number of aromatic nitrogens is 3. The van der Waals surface area contributed by atoms with Crippen LogP contribution in [0.1, 0.15) is 22.6 Å². The van der Waals surface area contributed by atoms with Crippen LogP contribution >= 0.6 is 23.1 Å². The molecule has 3 aromatic rings. The largest absolute Gasteiger partial charge is 0.383 e. The normalized spacial score (nSPS) is 13.4. The first-order chi connectivity index (χ1) is 12.8. The summed E-state index contributed by atoms with van der Waals surface area (Å²) in [4.78, 5) is 24.6.